The Morgan fingerprint density at radius 1 is 1.32 bits per heavy atom. The van der Waals surface area contributed by atoms with Crippen molar-refractivity contribution in [2.24, 2.45) is 5.92 Å². The number of H-pyrrole nitrogens is 1. The van der Waals surface area contributed by atoms with E-state index in [0.717, 1.165) is 25.3 Å². The van der Waals surface area contributed by atoms with Gasteiger partial charge in [0.25, 0.3) is 0 Å². The molecule has 1 N–H and O–H groups in total. The zero-order valence-electron chi connectivity index (χ0n) is 14.6. The maximum atomic E-state index is 6.17. The van der Waals surface area contributed by atoms with E-state index < -0.39 is 0 Å². The molecule has 4 rings (SSSR count). The lowest BCUT2D eigenvalue weighted by Crippen LogP contribution is -2.29. The summed E-state index contributed by atoms with van der Waals surface area (Å²) in [6, 6.07) is 6.40. The molecular formula is C18H25N5O2. The van der Waals surface area contributed by atoms with Gasteiger partial charge in [-0.1, -0.05) is 11.3 Å². The lowest BCUT2D eigenvalue weighted by atomic mass is 10.1. The molecule has 0 amide bonds. The summed E-state index contributed by atoms with van der Waals surface area (Å²) < 4.78 is 11.6. The molecule has 1 aliphatic carbocycles. The number of hydrogen-bond donors (Lipinski definition) is 1. The van der Waals surface area contributed by atoms with Gasteiger partial charge in [-0.05, 0) is 49.7 Å². The van der Waals surface area contributed by atoms with Crippen LogP contribution in [0.15, 0.2) is 18.2 Å². The van der Waals surface area contributed by atoms with Crippen LogP contribution in [0.2, 0.25) is 0 Å². The first-order valence-corrected chi connectivity index (χ1v) is 9.12. The van der Waals surface area contributed by atoms with Crippen LogP contribution in [0.5, 0.6) is 5.75 Å². The normalized spacial score (nSPS) is 18.5. The first kappa shape index (κ1) is 16.3. The highest BCUT2D eigenvalue weighted by Crippen LogP contribution is 2.42. The molecule has 1 aliphatic heterocycles. The van der Waals surface area contributed by atoms with Crippen molar-refractivity contribution in [2.75, 3.05) is 31.7 Å². The smallest absolute Gasteiger partial charge is 0.203 e. The van der Waals surface area contributed by atoms with Crippen LogP contribution in [-0.4, -0.2) is 47.4 Å². The van der Waals surface area contributed by atoms with E-state index in [1.807, 2.05) is 0 Å². The first-order chi connectivity index (χ1) is 12.3. The maximum absolute atomic E-state index is 6.17. The van der Waals surface area contributed by atoms with Gasteiger partial charge >= 0.3 is 0 Å². The van der Waals surface area contributed by atoms with Crippen LogP contribution in [0.1, 0.15) is 43.2 Å². The Morgan fingerprint density at radius 2 is 2.24 bits per heavy atom. The van der Waals surface area contributed by atoms with Crippen LogP contribution in [0.4, 0.5) is 5.69 Å². The lowest BCUT2D eigenvalue weighted by Gasteiger charge is -2.26. The topological polar surface area (TPSA) is 76.2 Å². The monoisotopic (exact) mass is 343 g/mol. The molecule has 2 heterocycles. The zero-order chi connectivity index (χ0) is 17.1. The Kier molecular flexibility index (Phi) is 4.83. The van der Waals surface area contributed by atoms with E-state index in [1.165, 1.54) is 36.9 Å². The number of nitrogens with one attached hydrogen (secondary N) is 1. The minimum atomic E-state index is -0.0319. The number of methoxy groups -OCH3 is 1. The van der Waals surface area contributed by atoms with Crippen molar-refractivity contribution in [3.05, 3.63) is 29.6 Å². The van der Waals surface area contributed by atoms with Gasteiger partial charge < -0.3 is 14.4 Å². The van der Waals surface area contributed by atoms with Gasteiger partial charge in [-0.3, -0.25) is 0 Å². The summed E-state index contributed by atoms with van der Waals surface area (Å²) in [5.74, 6) is 2.13. The minimum absolute atomic E-state index is 0.0319. The van der Waals surface area contributed by atoms with Gasteiger partial charge in [0.1, 0.15) is 11.9 Å². The number of ether oxygens (including phenoxy) is 2. The van der Waals surface area contributed by atoms with E-state index in [2.05, 4.69) is 43.7 Å². The number of aryl methyl sites for hydroxylation is 1. The van der Waals surface area contributed by atoms with Crippen LogP contribution in [0.3, 0.4) is 0 Å². The summed E-state index contributed by atoms with van der Waals surface area (Å²) in [6.45, 7) is 2.58. The summed E-state index contributed by atoms with van der Waals surface area (Å²) >= 11 is 0. The van der Waals surface area contributed by atoms with Gasteiger partial charge in [-0.2, -0.15) is 5.21 Å². The lowest BCUT2D eigenvalue weighted by molar-refractivity contribution is 0.0355. The van der Waals surface area contributed by atoms with Gasteiger partial charge in [0, 0.05) is 24.8 Å². The number of tetrazole rings is 1. The van der Waals surface area contributed by atoms with Crippen molar-refractivity contribution in [1.29, 1.82) is 0 Å². The number of hydrogen-bond acceptors (Lipinski definition) is 6. The summed E-state index contributed by atoms with van der Waals surface area (Å²) in [7, 11) is 1.72. The molecule has 25 heavy (non-hydrogen) atoms. The summed E-state index contributed by atoms with van der Waals surface area (Å²) in [5.41, 5.74) is 2.68. The SMILES string of the molecule is COc1ccc2c(c1)N(CCOC(c1nn[nH]n1)C1CC1)CCCC2. The van der Waals surface area contributed by atoms with Gasteiger partial charge in [-0.25, -0.2) is 0 Å². The number of fused-ring (bicyclic) bond motifs is 1. The molecule has 0 bridgehead atoms. The highest BCUT2D eigenvalue weighted by Gasteiger charge is 2.36. The number of anilines is 1. The molecule has 1 saturated carbocycles. The van der Waals surface area contributed by atoms with Crippen molar-refractivity contribution >= 4 is 5.69 Å². The average molecular weight is 343 g/mol. The van der Waals surface area contributed by atoms with Crippen LogP contribution >= 0.6 is 0 Å². The molecule has 2 aliphatic rings. The second-order valence-corrected chi connectivity index (χ2v) is 6.84. The van der Waals surface area contributed by atoms with Crippen molar-refractivity contribution in [3.8, 4) is 5.75 Å². The Labute approximate surface area is 147 Å². The molecule has 1 fully saturated rings. The van der Waals surface area contributed by atoms with Crippen LogP contribution in [0.25, 0.3) is 0 Å². The van der Waals surface area contributed by atoms with Gasteiger partial charge in [0.05, 0.1) is 13.7 Å². The van der Waals surface area contributed by atoms with Crippen LogP contribution in [0, 0.1) is 5.92 Å². The van der Waals surface area contributed by atoms with E-state index in [4.69, 9.17) is 9.47 Å². The van der Waals surface area contributed by atoms with Gasteiger partial charge in [0.15, 0.2) is 0 Å². The second kappa shape index (κ2) is 7.39. The third-order valence-corrected chi connectivity index (χ3v) is 5.08. The molecule has 7 nitrogen and oxygen atoms in total. The third-order valence-electron chi connectivity index (χ3n) is 5.08. The van der Waals surface area contributed by atoms with E-state index in [9.17, 15) is 0 Å². The number of benzene rings is 1. The standard InChI is InChI=1S/C18H25N5O2/c1-24-15-8-7-13-4-2-3-9-23(16(13)12-15)10-11-25-17(14-5-6-14)18-19-21-22-20-18/h7-8,12,14,17H,2-6,9-11H2,1H3,(H,19,20,21,22). The van der Waals surface area contributed by atoms with Crippen LogP contribution in [-0.2, 0) is 11.2 Å². The maximum Gasteiger partial charge on any atom is 0.203 e. The second-order valence-electron chi connectivity index (χ2n) is 6.84. The van der Waals surface area contributed by atoms with Crippen molar-refractivity contribution in [3.63, 3.8) is 0 Å². The predicted molar refractivity (Wildman–Crippen MR) is 93.7 cm³/mol. The number of nitrogens with zero attached hydrogens (tertiary/aromatic N) is 4. The summed E-state index contributed by atoms with van der Waals surface area (Å²) in [4.78, 5) is 2.42. The molecule has 7 heteroatoms. The predicted octanol–water partition coefficient (Wildman–Crippen LogP) is 2.52. The van der Waals surface area contributed by atoms with Crippen LogP contribution < -0.4 is 9.64 Å². The average Bonchev–Trinajstić information content (AvgIpc) is 3.38. The Hall–Kier alpha value is -2.15. The van der Waals surface area contributed by atoms with E-state index in [0.29, 0.717) is 18.3 Å². The molecule has 1 aromatic carbocycles. The Balaban J connectivity index is 1.42. The number of rotatable bonds is 7. The zero-order valence-corrected chi connectivity index (χ0v) is 14.6. The fourth-order valence-electron chi connectivity index (χ4n) is 3.55. The third kappa shape index (κ3) is 3.76. The quantitative estimate of drug-likeness (QED) is 0.832. The molecule has 0 spiro atoms. The molecule has 134 valence electrons. The first-order valence-electron chi connectivity index (χ1n) is 9.12. The van der Waals surface area contributed by atoms with Gasteiger partial charge in [-0.15, -0.1) is 10.2 Å². The van der Waals surface area contributed by atoms with Crippen molar-refractivity contribution in [2.45, 2.75) is 38.2 Å². The number of aromatic amines is 1. The molecule has 1 unspecified atom stereocenters. The van der Waals surface area contributed by atoms with E-state index in [1.54, 1.807) is 7.11 Å². The summed E-state index contributed by atoms with van der Waals surface area (Å²) in [5, 5.41) is 14.4. The molecule has 0 radical (unpaired) electrons. The highest BCUT2D eigenvalue weighted by atomic mass is 16.5. The van der Waals surface area contributed by atoms with E-state index in [-0.39, 0.29) is 6.10 Å². The largest absolute Gasteiger partial charge is 0.497 e. The molecule has 1 aromatic heterocycles. The molecular weight excluding hydrogens is 318 g/mol. The Morgan fingerprint density at radius 3 is 3.00 bits per heavy atom. The minimum Gasteiger partial charge on any atom is -0.497 e. The highest BCUT2D eigenvalue weighted by molar-refractivity contribution is 5.58. The fraction of sp³-hybridized carbons (Fsp3) is 0.611. The van der Waals surface area contributed by atoms with Crippen molar-refractivity contribution in [1.82, 2.24) is 20.6 Å². The molecule has 0 saturated heterocycles. The Bertz CT molecular complexity index is 687. The van der Waals surface area contributed by atoms with E-state index >= 15 is 0 Å². The molecule has 1 atom stereocenters. The number of aromatic nitrogens is 4. The van der Waals surface area contributed by atoms with Gasteiger partial charge in [0.2, 0.25) is 5.82 Å². The molecule has 2 aromatic rings. The fourth-order valence-corrected chi connectivity index (χ4v) is 3.55. The van der Waals surface area contributed by atoms with Crippen molar-refractivity contribution < 1.29 is 9.47 Å². The summed E-state index contributed by atoms with van der Waals surface area (Å²) in [6.07, 6.45) is 5.89.